The van der Waals surface area contributed by atoms with Gasteiger partial charge in [-0.1, -0.05) is 12.1 Å². The predicted octanol–water partition coefficient (Wildman–Crippen LogP) is 4.24. The fourth-order valence-electron chi connectivity index (χ4n) is 2.56. The molecule has 1 aliphatic carbocycles. The van der Waals surface area contributed by atoms with Crippen molar-refractivity contribution in [3.8, 4) is 5.75 Å². The van der Waals surface area contributed by atoms with Gasteiger partial charge >= 0.3 is 0 Å². The Morgan fingerprint density at radius 2 is 1.95 bits per heavy atom. The zero-order valence-electron chi connectivity index (χ0n) is 12.1. The van der Waals surface area contributed by atoms with Gasteiger partial charge in [-0.3, -0.25) is 4.90 Å². The molecule has 0 bridgehead atoms. The first kappa shape index (κ1) is 13.7. The molecule has 20 heavy (non-hydrogen) atoms. The van der Waals surface area contributed by atoms with Crippen molar-refractivity contribution >= 4 is 11.3 Å². The third kappa shape index (κ3) is 3.05. The van der Waals surface area contributed by atoms with Gasteiger partial charge in [0, 0.05) is 29.6 Å². The molecule has 3 heteroatoms. The van der Waals surface area contributed by atoms with Crippen LogP contribution in [-0.4, -0.2) is 16.0 Å². The lowest BCUT2D eigenvalue weighted by molar-refractivity contribution is 0.244. The van der Waals surface area contributed by atoms with Crippen LogP contribution in [0.3, 0.4) is 0 Å². The summed E-state index contributed by atoms with van der Waals surface area (Å²) in [6, 6.07) is 9.02. The second-order valence-electron chi connectivity index (χ2n) is 5.78. The Hall–Kier alpha value is -1.32. The van der Waals surface area contributed by atoms with Crippen LogP contribution in [0.5, 0.6) is 5.75 Å². The summed E-state index contributed by atoms with van der Waals surface area (Å²) >= 11 is 1.81. The number of aryl methyl sites for hydroxylation is 2. The molecule has 3 rings (SSSR count). The summed E-state index contributed by atoms with van der Waals surface area (Å²) in [7, 11) is 0. The molecule has 0 unspecified atom stereocenters. The Bertz CT molecular complexity index is 587. The molecule has 0 spiro atoms. The molecular weight excluding hydrogens is 266 g/mol. The maximum Gasteiger partial charge on any atom is 0.120 e. The zero-order chi connectivity index (χ0) is 14.1. The number of hydrogen-bond donors (Lipinski definition) is 1. The topological polar surface area (TPSA) is 23.5 Å². The number of phenolic OH excluding ortho intramolecular Hbond substituents is 1. The molecule has 0 saturated heterocycles. The van der Waals surface area contributed by atoms with Gasteiger partial charge in [-0.2, -0.15) is 0 Å². The van der Waals surface area contributed by atoms with E-state index in [4.69, 9.17) is 0 Å². The number of hydrogen-bond acceptors (Lipinski definition) is 3. The highest BCUT2D eigenvalue weighted by molar-refractivity contribution is 7.09. The fraction of sp³-hybridized carbons (Fsp3) is 0.412. The summed E-state index contributed by atoms with van der Waals surface area (Å²) < 4.78 is 0. The molecule has 0 amide bonds. The van der Waals surface area contributed by atoms with Gasteiger partial charge in [-0.15, -0.1) is 11.3 Å². The van der Waals surface area contributed by atoms with E-state index in [1.165, 1.54) is 23.3 Å². The van der Waals surface area contributed by atoms with E-state index in [9.17, 15) is 5.11 Å². The molecule has 2 aromatic rings. The minimum absolute atomic E-state index is 0.435. The SMILES string of the molecule is Cc1cc(O)c(CN(Cc2cccs2)C2CC2)cc1C. The molecule has 1 aromatic heterocycles. The zero-order valence-corrected chi connectivity index (χ0v) is 12.9. The summed E-state index contributed by atoms with van der Waals surface area (Å²) in [4.78, 5) is 3.90. The molecule has 1 saturated carbocycles. The number of thiophene rings is 1. The van der Waals surface area contributed by atoms with Gasteiger partial charge < -0.3 is 5.11 Å². The Balaban J connectivity index is 1.78. The van der Waals surface area contributed by atoms with Crippen LogP contribution in [0, 0.1) is 13.8 Å². The lowest BCUT2D eigenvalue weighted by Crippen LogP contribution is -2.24. The molecule has 0 atom stereocenters. The monoisotopic (exact) mass is 287 g/mol. The lowest BCUT2D eigenvalue weighted by Gasteiger charge is -2.22. The van der Waals surface area contributed by atoms with Crippen molar-refractivity contribution < 1.29 is 5.11 Å². The first-order valence-electron chi connectivity index (χ1n) is 7.19. The van der Waals surface area contributed by atoms with Gasteiger partial charge in [0.2, 0.25) is 0 Å². The van der Waals surface area contributed by atoms with E-state index in [-0.39, 0.29) is 0 Å². The van der Waals surface area contributed by atoms with Crippen LogP contribution in [0.1, 0.15) is 34.4 Å². The second-order valence-corrected chi connectivity index (χ2v) is 6.81. The normalized spacial score (nSPS) is 14.9. The Morgan fingerprint density at radius 3 is 2.60 bits per heavy atom. The molecule has 1 heterocycles. The van der Waals surface area contributed by atoms with E-state index in [1.807, 2.05) is 24.3 Å². The molecule has 1 fully saturated rings. The summed E-state index contributed by atoms with van der Waals surface area (Å²) in [6.07, 6.45) is 2.58. The van der Waals surface area contributed by atoms with E-state index in [2.05, 4.69) is 35.4 Å². The highest BCUT2D eigenvalue weighted by atomic mass is 32.1. The van der Waals surface area contributed by atoms with Crippen LogP contribution in [0.25, 0.3) is 0 Å². The van der Waals surface area contributed by atoms with Crippen LogP contribution < -0.4 is 0 Å². The van der Waals surface area contributed by atoms with Gasteiger partial charge in [0.1, 0.15) is 5.75 Å². The third-order valence-electron chi connectivity index (χ3n) is 4.07. The van der Waals surface area contributed by atoms with E-state index in [1.54, 1.807) is 0 Å². The second kappa shape index (κ2) is 5.58. The van der Waals surface area contributed by atoms with Crippen LogP contribution in [0.2, 0.25) is 0 Å². The van der Waals surface area contributed by atoms with Gasteiger partial charge in [0.15, 0.2) is 0 Å². The lowest BCUT2D eigenvalue weighted by atomic mass is 10.0. The number of nitrogens with zero attached hydrogens (tertiary/aromatic N) is 1. The van der Waals surface area contributed by atoms with Crippen molar-refractivity contribution in [3.63, 3.8) is 0 Å². The van der Waals surface area contributed by atoms with Crippen LogP contribution in [0.4, 0.5) is 0 Å². The molecule has 2 nitrogen and oxygen atoms in total. The summed E-state index contributed by atoms with van der Waals surface area (Å²) in [5, 5.41) is 12.3. The van der Waals surface area contributed by atoms with Crippen molar-refractivity contribution in [2.45, 2.75) is 45.8 Å². The molecule has 1 aromatic carbocycles. The molecule has 106 valence electrons. The largest absolute Gasteiger partial charge is 0.508 e. The Morgan fingerprint density at radius 1 is 1.20 bits per heavy atom. The van der Waals surface area contributed by atoms with Gasteiger partial charge in [0.05, 0.1) is 0 Å². The number of phenols is 1. The van der Waals surface area contributed by atoms with Crippen molar-refractivity contribution in [1.82, 2.24) is 4.90 Å². The van der Waals surface area contributed by atoms with Crippen LogP contribution in [-0.2, 0) is 13.1 Å². The summed E-state index contributed by atoms with van der Waals surface area (Å²) in [6.45, 7) is 5.99. The van der Waals surface area contributed by atoms with Crippen LogP contribution >= 0.6 is 11.3 Å². The first-order valence-corrected chi connectivity index (χ1v) is 8.07. The van der Waals surface area contributed by atoms with Gasteiger partial charge in [-0.05, 0) is 55.3 Å². The molecular formula is C17H21NOS. The van der Waals surface area contributed by atoms with E-state index in [0.29, 0.717) is 11.8 Å². The van der Waals surface area contributed by atoms with Crippen molar-refractivity contribution in [1.29, 1.82) is 0 Å². The number of benzene rings is 1. The van der Waals surface area contributed by atoms with E-state index < -0.39 is 0 Å². The smallest absolute Gasteiger partial charge is 0.120 e. The summed E-state index contributed by atoms with van der Waals surface area (Å²) in [5.74, 6) is 0.435. The molecule has 1 aliphatic rings. The molecule has 1 N–H and O–H groups in total. The average Bonchev–Trinajstić information content (AvgIpc) is 3.13. The maximum atomic E-state index is 10.2. The average molecular weight is 287 g/mol. The summed E-state index contributed by atoms with van der Waals surface area (Å²) in [5.41, 5.74) is 3.46. The molecule has 0 aliphatic heterocycles. The maximum absolute atomic E-state index is 10.2. The number of rotatable bonds is 5. The van der Waals surface area contributed by atoms with Crippen molar-refractivity contribution in [2.75, 3.05) is 0 Å². The third-order valence-corrected chi connectivity index (χ3v) is 4.93. The fourth-order valence-corrected chi connectivity index (χ4v) is 3.29. The minimum atomic E-state index is 0.435. The highest BCUT2D eigenvalue weighted by Crippen LogP contribution is 2.32. The van der Waals surface area contributed by atoms with E-state index in [0.717, 1.165) is 24.2 Å². The van der Waals surface area contributed by atoms with Crippen LogP contribution in [0.15, 0.2) is 29.6 Å². The predicted molar refractivity (Wildman–Crippen MR) is 84.2 cm³/mol. The van der Waals surface area contributed by atoms with Crippen molar-refractivity contribution in [2.24, 2.45) is 0 Å². The Kier molecular flexibility index (Phi) is 3.81. The highest BCUT2D eigenvalue weighted by Gasteiger charge is 2.29. The first-order chi connectivity index (χ1) is 9.63. The van der Waals surface area contributed by atoms with E-state index >= 15 is 0 Å². The quantitative estimate of drug-likeness (QED) is 0.889. The van der Waals surface area contributed by atoms with Gasteiger partial charge in [0.25, 0.3) is 0 Å². The van der Waals surface area contributed by atoms with Gasteiger partial charge in [-0.25, -0.2) is 0 Å². The molecule has 0 radical (unpaired) electrons. The number of aromatic hydroxyl groups is 1. The standard InChI is InChI=1S/C17H21NOS/c1-12-8-14(17(19)9-13(12)2)10-18(15-5-6-15)11-16-4-3-7-20-16/h3-4,7-9,15,19H,5-6,10-11H2,1-2H3. The van der Waals surface area contributed by atoms with Crippen molar-refractivity contribution in [3.05, 3.63) is 51.2 Å². The minimum Gasteiger partial charge on any atom is -0.508 e. The Labute approximate surface area is 124 Å².